The van der Waals surface area contributed by atoms with E-state index in [2.05, 4.69) is 4.98 Å². The Hall–Kier alpha value is -3.72. The van der Waals surface area contributed by atoms with E-state index in [0.717, 1.165) is 22.1 Å². The quantitative estimate of drug-likeness (QED) is 0.622. The van der Waals surface area contributed by atoms with Gasteiger partial charge in [0.1, 0.15) is 5.69 Å². The molecular weight excluding hydrogens is 485 g/mol. The average Bonchev–Trinajstić information content (AvgIpc) is 3.20. The van der Waals surface area contributed by atoms with Gasteiger partial charge in [0.25, 0.3) is 0 Å². The number of carbonyl (C=O) groups is 2. The van der Waals surface area contributed by atoms with Crippen LogP contribution in [0.1, 0.15) is 42.6 Å². The maximum absolute atomic E-state index is 13.5. The third-order valence-electron chi connectivity index (χ3n) is 6.07. The highest BCUT2D eigenvalue weighted by atomic mass is 32.2. The monoisotopic (exact) mass is 504 g/mol. The van der Waals surface area contributed by atoms with Gasteiger partial charge < -0.3 is 4.90 Å². The highest BCUT2D eigenvalue weighted by molar-refractivity contribution is 7.91. The van der Waals surface area contributed by atoms with E-state index in [1.54, 1.807) is 0 Å². The topological polar surface area (TPSA) is 111 Å². The minimum atomic E-state index is -4.74. The third-order valence-corrected chi connectivity index (χ3v) is 7.85. The average molecular weight is 504 g/mol. The van der Waals surface area contributed by atoms with Crippen molar-refractivity contribution in [3.8, 4) is 6.07 Å². The number of carbonyl (C=O) groups excluding carboxylic acids is 2. The summed E-state index contributed by atoms with van der Waals surface area (Å²) >= 11 is 0. The van der Waals surface area contributed by atoms with E-state index in [9.17, 15) is 36.4 Å². The summed E-state index contributed by atoms with van der Waals surface area (Å²) in [6.07, 6.45) is -3.69. The molecule has 1 unspecified atom stereocenters. The van der Waals surface area contributed by atoms with Crippen molar-refractivity contribution in [1.29, 1.82) is 5.26 Å². The second kappa shape index (κ2) is 8.49. The number of rotatable bonds is 4. The summed E-state index contributed by atoms with van der Waals surface area (Å²) in [5, 5.41) is 9.26. The van der Waals surface area contributed by atoms with Crippen LogP contribution in [0.5, 0.6) is 0 Å². The second-order valence-corrected chi connectivity index (χ2v) is 10.3. The number of likely N-dealkylation sites (N-methyl/N-ethyl adjacent to an activating group) is 1. The van der Waals surface area contributed by atoms with Gasteiger partial charge in [-0.1, -0.05) is 13.0 Å². The van der Waals surface area contributed by atoms with Gasteiger partial charge >= 0.3 is 12.2 Å². The zero-order chi connectivity index (χ0) is 25.7. The summed E-state index contributed by atoms with van der Waals surface area (Å²) in [5.74, 6) is -0.619. The third kappa shape index (κ3) is 4.05. The molecule has 0 saturated carbocycles. The molecule has 2 aromatic rings. The van der Waals surface area contributed by atoms with Crippen molar-refractivity contribution in [2.45, 2.75) is 36.9 Å². The summed E-state index contributed by atoms with van der Waals surface area (Å²) in [7, 11) is -2.51. The number of urea groups is 1. The van der Waals surface area contributed by atoms with Gasteiger partial charge in [0, 0.05) is 30.9 Å². The number of amides is 2. The number of hydrogen-bond acceptors (Lipinski definition) is 6. The first-order valence-corrected chi connectivity index (χ1v) is 12.2. The molecule has 182 valence electrons. The van der Waals surface area contributed by atoms with Gasteiger partial charge in [0.05, 0.1) is 34.0 Å². The number of nitrogens with zero attached hydrogens (tertiary/aromatic N) is 4. The van der Waals surface area contributed by atoms with Crippen LogP contribution in [-0.2, 0) is 20.8 Å². The van der Waals surface area contributed by atoms with Gasteiger partial charge in [-0.05, 0) is 36.2 Å². The van der Waals surface area contributed by atoms with E-state index in [-0.39, 0.29) is 57.4 Å². The normalized spacial score (nSPS) is 18.7. The largest absolute Gasteiger partial charge is 0.433 e. The molecular formula is C23H19F3N4O4S. The van der Waals surface area contributed by atoms with Crippen molar-refractivity contribution in [2.75, 3.05) is 17.7 Å². The molecule has 12 heteroatoms. The van der Waals surface area contributed by atoms with Gasteiger partial charge in [-0.3, -0.25) is 14.7 Å². The van der Waals surface area contributed by atoms with E-state index in [1.807, 2.05) is 6.07 Å². The van der Waals surface area contributed by atoms with Crippen molar-refractivity contribution in [1.82, 2.24) is 9.88 Å². The van der Waals surface area contributed by atoms with E-state index in [0.29, 0.717) is 0 Å². The molecule has 0 saturated heterocycles. The molecule has 35 heavy (non-hydrogen) atoms. The predicted octanol–water partition coefficient (Wildman–Crippen LogP) is 4.00. The Bertz CT molecular complexity index is 1430. The number of nitriles is 1. The Kier molecular flexibility index (Phi) is 5.92. The zero-order valence-corrected chi connectivity index (χ0v) is 19.4. The Labute approximate surface area is 199 Å². The molecule has 0 spiro atoms. The Morgan fingerprint density at radius 2 is 1.89 bits per heavy atom. The first-order valence-electron chi connectivity index (χ1n) is 10.5. The minimum Gasteiger partial charge on any atom is -0.316 e. The smallest absolute Gasteiger partial charge is 0.316 e. The maximum atomic E-state index is 13.5. The predicted molar refractivity (Wildman–Crippen MR) is 118 cm³/mol. The molecule has 0 bridgehead atoms. The van der Waals surface area contributed by atoms with Crippen LogP contribution in [0.4, 0.5) is 23.7 Å². The highest BCUT2D eigenvalue weighted by Crippen LogP contribution is 2.46. The van der Waals surface area contributed by atoms with Gasteiger partial charge in [0.2, 0.25) is 0 Å². The van der Waals surface area contributed by atoms with Crippen LogP contribution in [-0.4, -0.2) is 42.9 Å². The van der Waals surface area contributed by atoms with E-state index in [4.69, 9.17) is 0 Å². The van der Waals surface area contributed by atoms with Crippen LogP contribution in [0, 0.1) is 11.3 Å². The number of halogens is 3. The van der Waals surface area contributed by atoms with Gasteiger partial charge in [0.15, 0.2) is 15.6 Å². The van der Waals surface area contributed by atoms with Crippen LogP contribution in [0.2, 0.25) is 0 Å². The molecule has 8 nitrogen and oxygen atoms in total. The zero-order valence-electron chi connectivity index (χ0n) is 18.6. The summed E-state index contributed by atoms with van der Waals surface area (Å²) in [4.78, 5) is 31.8. The number of Topliss-reactive ketones (excluding diaryl/α,β-unsaturated/α-hetero) is 1. The number of allylic oxidation sites excluding steroid dienone is 1. The van der Waals surface area contributed by atoms with Gasteiger partial charge in [-0.25, -0.2) is 13.2 Å². The van der Waals surface area contributed by atoms with Gasteiger partial charge in [-0.15, -0.1) is 0 Å². The van der Waals surface area contributed by atoms with Crippen LogP contribution < -0.4 is 4.90 Å². The Balaban J connectivity index is 1.95. The maximum Gasteiger partial charge on any atom is 0.433 e. The number of ketones is 1. The number of hydrogen-bond donors (Lipinski definition) is 0. The van der Waals surface area contributed by atoms with Crippen molar-refractivity contribution in [2.24, 2.45) is 0 Å². The lowest BCUT2D eigenvalue weighted by Crippen LogP contribution is -2.48. The van der Waals surface area contributed by atoms with Gasteiger partial charge in [-0.2, -0.15) is 18.4 Å². The summed E-state index contributed by atoms with van der Waals surface area (Å²) < 4.78 is 65.5. The van der Waals surface area contributed by atoms with E-state index < -0.39 is 33.8 Å². The SMILES string of the molecule is CCS(=O)(=O)c1cc(C#N)ccc1C1C2=C(CCC2=O)N(c2ccnc(C(F)(F)F)c2)C(=O)N1C. The van der Waals surface area contributed by atoms with Crippen molar-refractivity contribution in [3.05, 3.63) is 64.6 Å². The molecule has 1 aromatic carbocycles. The molecule has 2 heterocycles. The van der Waals surface area contributed by atoms with Crippen LogP contribution >= 0.6 is 0 Å². The van der Waals surface area contributed by atoms with E-state index >= 15 is 0 Å². The van der Waals surface area contributed by atoms with Crippen LogP contribution in [0.25, 0.3) is 0 Å². The van der Waals surface area contributed by atoms with Crippen molar-refractivity contribution >= 4 is 27.3 Å². The summed E-state index contributed by atoms with van der Waals surface area (Å²) in [5.41, 5.74) is -0.708. The first-order chi connectivity index (χ1) is 16.4. The fourth-order valence-corrected chi connectivity index (χ4v) is 5.54. The van der Waals surface area contributed by atoms with Crippen LogP contribution in [0.3, 0.4) is 0 Å². The lowest BCUT2D eigenvalue weighted by Gasteiger charge is -2.40. The molecule has 4 rings (SSSR count). The molecule has 1 atom stereocenters. The molecule has 0 N–H and O–H groups in total. The second-order valence-electron chi connectivity index (χ2n) is 8.08. The summed E-state index contributed by atoms with van der Waals surface area (Å²) in [6, 6.07) is 6.04. The molecule has 2 aliphatic rings. The van der Waals surface area contributed by atoms with Crippen LogP contribution in [0.15, 0.2) is 52.7 Å². The Morgan fingerprint density at radius 3 is 2.51 bits per heavy atom. The number of benzene rings is 1. The standard InChI is InChI=1S/C23H19F3N4O4S/c1-3-35(33,34)18-10-13(12-27)4-5-15(18)21-20-16(6-7-17(20)31)30(22(32)29(21)2)14-8-9-28-19(11-14)23(24,25)26/h4-5,8-11,21H,3,6-7H2,1-2H3. The lowest BCUT2D eigenvalue weighted by atomic mass is 9.92. The molecule has 2 amide bonds. The fourth-order valence-electron chi connectivity index (χ4n) is 4.38. The first kappa shape index (κ1) is 24.4. The van der Waals surface area contributed by atoms with Crippen molar-refractivity contribution in [3.63, 3.8) is 0 Å². The Morgan fingerprint density at radius 1 is 1.17 bits per heavy atom. The highest BCUT2D eigenvalue weighted by Gasteiger charge is 2.46. The molecule has 0 fully saturated rings. The number of sulfone groups is 1. The number of alkyl halides is 3. The van der Waals surface area contributed by atoms with Crippen molar-refractivity contribution < 1.29 is 31.2 Å². The molecule has 0 radical (unpaired) electrons. The van der Waals surface area contributed by atoms with E-state index in [1.165, 1.54) is 38.2 Å². The molecule has 1 aliphatic heterocycles. The minimum absolute atomic E-state index is 0.0160. The number of aromatic nitrogens is 1. The lowest BCUT2D eigenvalue weighted by molar-refractivity contribution is -0.141. The fraction of sp³-hybridized carbons (Fsp3) is 0.304. The summed E-state index contributed by atoms with van der Waals surface area (Å²) in [6.45, 7) is 1.43. The molecule has 1 aromatic heterocycles. The number of pyridine rings is 1. The number of anilines is 1. The molecule has 1 aliphatic carbocycles.